The van der Waals surface area contributed by atoms with Crippen molar-refractivity contribution in [2.75, 3.05) is 49.2 Å². The lowest BCUT2D eigenvalue weighted by molar-refractivity contribution is -0.671. The second-order valence-electron chi connectivity index (χ2n) is 31.0. The molecule has 0 saturated carbocycles. The van der Waals surface area contributed by atoms with E-state index in [1.165, 1.54) is 66.8 Å². The average Bonchev–Trinajstić information content (AvgIpc) is 1.66. The van der Waals surface area contributed by atoms with E-state index in [-0.39, 0.29) is 87.8 Å². The molecule has 41 nitrogen and oxygen atoms in total. The lowest BCUT2D eigenvalue weighted by Crippen LogP contribution is -2.58. The Kier molecular flexibility index (Phi) is 35.3. The molecule has 128 heavy (non-hydrogen) atoms. The molecule has 6 unspecified atom stereocenters. The number of pyridine rings is 1. The molecule has 0 spiro atoms. The van der Waals surface area contributed by atoms with Gasteiger partial charge in [0.2, 0.25) is 82.7 Å². The molecule has 14 amide bonds. The van der Waals surface area contributed by atoms with E-state index in [0.717, 1.165) is 44.2 Å². The van der Waals surface area contributed by atoms with Crippen molar-refractivity contribution in [3.63, 3.8) is 0 Å². The number of carbonyl (C=O) groups is 16. The summed E-state index contributed by atoms with van der Waals surface area (Å²) in [4.78, 5) is 220. The van der Waals surface area contributed by atoms with E-state index in [1.54, 1.807) is 16.9 Å². The first kappa shape index (κ1) is 96.3. The molecule has 4 aliphatic heterocycles. The number of carboxylic acids is 2. The van der Waals surface area contributed by atoms with Gasteiger partial charge in [-0.05, 0) is 76.6 Å². The molecular weight excluding hydrogens is 1740 g/mol. The van der Waals surface area contributed by atoms with Gasteiger partial charge in [0, 0.05) is 119 Å². The van der Waals surface area contributed by atoms with Gasteiger partial charge in [0.05, 0.1) is 76.8 Å². The van der Waals surface area contributed by atoms with Gasteiger partial charge in [-0.3, -0.25) is 76.7 Å². The van der Waals surface area contributed by atoms with E-state index in [4.69, 9.17) is 20.9 Å². The Morgan fingerprint density at radius 2 is 0.922 bits per heavy atom. The second-order valence-corrected chi connectivity index (χ2v) is 36.3. The first-order valence-electron chi connectivity index (χ1n) is 41.7. The predicted octanol–water partition coefficient (Wildman–Crippen LogP) is -0.835. The molecule has 2 aromatic carbocycles. The number of H-pyrrole nitrogens is 2. The van der Waals surface area contributed by atoms with Crippen LogP contribution in [0, 0.1) is 0 Å². The van der Waals surface area contributed by atoms with Crippen molar-refractivity contribution < 1.29 is 106 Å². The molecule has 0 bridgehead atoms. The predicted molar refractivity (Wildman–Crippen MR) is 469 cm³/mol. The fraction of sp³-hybridized carbons (Fsp3) is 0.458. The maximum absolute atomic E-state index is 14.0. The van der Waals surface area contributed by atoms with Crippen LogP contribution in [0.1, 0.15) is 102 Å². The van der Waals surface area contributed by atoms with Crippen LogP contribution in [-0.4, -0.2) is 260 Å². The SMILES string of the molecule is C[C@@H]1NC(=O)C(CC(=O)O)NC(=O)CNC(=O)[C@H](CCCC[n+]2ccn3ccccc32)NC(=O)CCSSCC(C(N)=O)NC(=O)[C@@H]2CC(OCc3c[nH]c4ccccc34)CN2C1=O.C[C@@H]1NC(=O)C(CC(=O)O)NC(=O)CNC(=O)[C@H](CCCC[n+]2ccn3ncccc32)NC(=O)CCSSCC(C(N)=O)NC(=O)[C@@H]2CC(OCc3c[nH]c4ccccc34)CN2C1=O. The van der Waals surface area contributed by atoms with Crippen molar-refractivity contribution >= 4 is 171 Å². The van der Waals surface area contributed by atoms with Gasteiger partial charge < -0.3 is 104 Å². The van der Waals surface area contributed by atoms with Crippen molar-refractivity contribution in [1.29, 1.82) is 0 Å². The lowest BCUT2D eigenvalue weighted by atomic mass is 10.1. The van der Waals surface area contributed by atoms with E-state index < -0.39 is 193 Å². The smallest absolute Gasteiger partial charge is 0.307 e. The van der Waals surface area contributed by atoms with Crippen molar-refractivity contribution in [1.82, 2.24) is 87.0 Å². The third-order valence-corrected chi connectivity index (χ3v) is 26.6. The Bertz CT molecular complexity index is 5040. The highest BCUT2D eigenvalue weighted by molar-refractivity contribution is 8.77. The molecule has 4 fully saturated rings. The van der Waals surface area contributed by atoms with Gasteiger partial charge in [-0.2, -0.15) is 0 Å². The van der Waals surface area contributed by atoms with Crippen LogP contribution in [0.5, 0.6) is 0 Å². The molecule has 6 aromatic heterocycles. The number of fused-ring (bicyclic) bond motifs is 6. The number of carboxylic acid groups (broad SMARTS) is 2. The first-order chi connectivity index (χ1) is 61.5. The van der Waals surface area contributed by atoms with Crippen LogP contribution < -0.4 is 73.8 Å². The Balaban J connectivity index is 0.000000248. The summed E-state index contributed by atoms with van der Waals surface area (Å²) in [5, 5.41) is 50.7. The third-order valence-electron chi connectivity index (χ3n) is 21.7. The molecule has 12 rings (SSSR count). The number of unbranched alkanes of at least 4 members (excludes halogenated alkanes) is 2. The fourth-order valence-electron chi connectivity index (χ4n) is 15.1. The van der Waals surface area contributed by atoms with Gasteiger partial charge in [0.1, 0.15) is 79.0 Å². The number of amides is 14. The van der Waals surface area contributed by atoms with Crippen LogP contribution in [0.4, 0.5) is 0 Å². The number of rotatable bonds is 22. The van der Waals surface area contributed by atoms with Crippen molar-refractivity contribution in [3.05, 3.63) is 140 Å². The molecular formula is C83H105N21O20S4+2. The Labute approximate surface area is 749 Å². The highest BCUT2D eigenvalue weighted by atomic mass is 33.1. The van der Waals surface area contributed by atoms with E-state index in [1.807, 2.05) is 125 Å². The van der Waals surface area contributed by atoms with E-state index >= 15 is 0 Å². The quantitative estimate of drug-likeness (QED) is 0.0224. The summed E-state index contributed by atoms with van der Waals surface area (Å²) in [5.41, 5.74) is 16.8. The molecule has 0 aliphatic carbocycles. The number of para-hydroxylation sites is 2. The molecule has 18 N–H and O–H groups in total. The topological polar surface area (TPSA) is 572 Å². The van der Waals surface area contributed by atoms with E-state index in [9.17, 15) is 86.9 Å². The minimum Gasteiger partial charge on any atom is -0.481 e. The number of aryl methyl sites for hydroxylation is 2. The van der Waals surface area contributed by atoms with Gasteiger partial charge in [-0.1, -0.05) is 90.7 Å². The maximum atomic E-state index is 14.0. The number of aromatic nitrogens is 7. The van der Waals surface area contributed by atoms with Crippen molar-refractivity contribution in [2.24, 2.45) is 11.5 Å². The molecule has 4 saturated heterocycles. The number of ether oxygens (including phenoxy) is 2. The summed E-state index contributed by atoms with van der Waals surface area (Å²) in [6.07, 6.45) is 14.6. The fourth-order valence-corrected chi connectivity index (χ4v) is 19.4. The van der Waals surface area contributed by atoms with Gasteiger partial charge in [-0.25, -0.2) is 13.5 Å². The van der Waals surface area contributed by atoms with Gasteiger partial charge in [0.25, 0.3) is 5.65 Å². The Morgan fingerprint density at radius 1 is 0.484 bits per heavy atom. The number of carbonyl (C=O) groups excluding carboxylic acids is 14. The summed E-state index contributed by atoms with van der Waals surface area (Å²) in [5.74, 6) is -12.7. The number of hydrogen-bond acceptors (Lipinski definition) is 23. The summed E-state index contributed by atoms with van der Waals surface area (Å²) in [7, 11) is 4.92. The molecule has 12 atom stereocenters. The normalized spacial score (nSPS) is 23.7. The number of primary amides is 2. The van der Waals surface area contributed by atoms with Crippen LogP contribution in [-0.2, 0) is 112 Å². The average molecular weight is 1850 g/mol. The lowest BCUT2D eigenvalue weighted by Gasteiger charge is -2.28. The maximum Gasteiger partial charge on any atom is 0.307 e. The zero-order chi connectivity index (χ0) is 91.5. The zero-order valence-electron chi connectivity index (χ0n) is 70.2. The number of hydrogen-bond donors (Lipinski definition) is 16. The van der Waals surface area contributed by atoms with Gasteiger partial charge in [0.15, 0.2) is 6.20 Å². The zero-order valence-corrected chi connectivity index (χ0v) is 73.5. The molecule has 684 valence electrons. The third kappa shape index (κ3) is 27.4. The highest BCUT2D eigenvalue weighted by Crippen LogP contribution is 2.30. The van der Waals surface area contributed by atoms with Crippen molar-refractivity contribution in [2.45, 2.75) is 190 Å². The van der Waals surface area contributed by atoms with E-state index in [2.05, 4.69) is 72.8 Å². The van der Waals surface area contributed by atoms with Crippen molar-refractivity contribution in [3.8, 4) is 0 Å². The largest absolute Gasteiger partial charge is 0.481 e. The van der Waals surface area contributed by atoms with Gasteiger partial charge >= 0.3 is 17.6 Å². The first-order valence-corrected chi connectivity index (χ1v) is 46.7. The number of aliphatic carboxylic acids is 2. The number of nitrogens with zero attached hydrogens (tertiary/aromatic N) is 7. The molecule has 4 aliphatic rings. The van der Waals surface area contributed by atoms with Crippen LogP contribution >= 0.6 is 43.2 Å². The standard InChI is InChI=1S/C42H52N10O10S2.C41H51N11O10S2/c1-25-42(61)52-22-27(62-23-26-20-44-29-9-3-2-8-28(26)29)18-33(52)41(60)49-32(38(43)57)24-64-63-17-12-34(53)47-30(10-4-6-13-50-15-16-51-14-7-5-11-36(50)51)39(58)45-21-35(54)48-31(19-37(55)56)40(59)46-25;1-24-41(61)51-21-26(62-22-25-19-43-28-8-3-2-7-27(25)28)17-32(51)40(60)49-31(37(42)57)23-64-63-16-11-33(53)47-29(9-4-5-13-50-14-15-52-35(50)10-6-12-45-52)38(58)44-20-34(54)48-30(18-36(55)56)39(59)46-24/h2-3,5,7-9,11,14-16,20,25,27,30-33,44H,4,6,10,12-13,17-19,21-24H2,1H3,(H7-,43,45,46,47,48,49,53,54,55,56,57,58,59,60);2-3,6-8,10,12,14-15,19,24,26,29-32,43H,4-5,9,11,13,16-18,20-23H2,1H3,(H7-,42,44,46,47,48,49,53,54,55,56,57,58,59,60)/p+2/t25-,27?,30-,31?,32?,33-;24-,26?,29-,30?,31?,32-/m00/s1. The number of nitrogens with one attached hydrogen (secondary N) is 12. The van der Waals surface area contributed by atoms with Crippen LogP contribution in [0.2, 0.25) is 0 Å². The van der Waals surface area contributed by atoms with Crippen LogP contribution in [0.15, 0.2) is 128 Å². The number of nitrogens with two attached hydrogens (primary N) is 2. The van der Waals surface area contributed by atoms with E-state index in [0.29, 0.717) is 38.8 Å². The summed E-state index contributed by atoms with van der Waals surface area (Å²) < 4.78 is 20.2. The molecule has 0 radical (unpaired) electrons. The van der Waals surface area contributed by atoms with Crippen LogP contribution in [0.3, 0.4) is 0 Å². The molecule has 8 aromatic rings. The van der Waals surface area contributed by atoms with Crippen LogP contribution in [0.25, 0.3) is 33.1 Å². The Hall–Kier alpha value is -12.3. The summed E-state index contributed by atoms with van der Waals surface area (Å²) in [6.45, 7) is 2.82. The highest BCUT2D eigenvalue weighted by Gasteiger charge is 2.46. The number of imidazole rings is 2. The second kappa shape index (κ2) is 46.9. The number of aromatic amines is 2. The van der Waals surface area contributed by atoms with Gasteiger partial charge in [-0.15, -0.1) is 4.52 Å². The monoisotopic (exact) mass is 1840 g/mol. The summed E-state index contributed by atoms with van der Waals surface area (Å²) in [6, 6.07) is 12.2. The molecule has 10 heterocycles. The summed E-state index contributed by atoms with van der Waals surface area (Å²) >= 11 is 0. The number of benzene rings is 2. The minimum atomic E-state index is -1.66. The molecule has 45 heteroatoms. The minimum absolute atomic E-state index is 0.00857. The Morgan fingerprint density at radius 3 is 1.39 bits per heavy atom.